The van der Waals surface area contributed by atoms with Gasteiger partial charge in [0, 0.05) is 5.56 Å². The van der Waals surface area contributed by atoms with Gasteiger partial charge in [-0.05, 0) is 49.7 Å². The Morgan fingerprint density at radius 2 is 1.70 bits per heavy atom. The van der Waals surface area contributed by atoms with Crippen LogP contribution in [0, 0.1) is 6.92 Å². The Bertz CT molecular complexity index is 1200. The van der Waals surface area contributed by atoms with E-state index >= 15 is 0 Å². The van der Waals surface area contributed by atoms with Gasteiger partial charge in [0.15, 0.2) is 17.3 Å². The van der Waals surface area contributed by atoms with Crippen LogP contribution in [0.25, 0.3) is 0 Å². The molecule has 7 heteroatoms. The number of hydrogen-bond acceptors (Lipinski definition) is 5. The molecule has 0 saturated heterocycles. The quantitative estimate of drug-likeness (QED) is 0.631. The van der Waals surface area contributed by atoms with Crippen LogP contribution in [-0.4, -0.2) is 20.9 Å². The molecular weight excluding hydrogens is 400 g/mol. The molecule has 1 aliphatic rings. The highest BCUT2D eigenvalue weighted by Gasteiger charge is 2.25. The number of amidine groups is 1. The lowest BCUT2D eigenvalue weighted by Crippen LogP contribution is -2.22. The third kappa shape index (κ3) is 4.16. The summed E-state index contributed by atoms with van der Waals surface area (Å²) in [6, 6.07) is 20.1. The van der Waals surface area contributed by atoms with Crippen molar-refractivity contribution < 1.29 is 17.9 Å². The van der Waals surface area contributed by atoms with Crippen LogP contribution in [0.15, 0.2) is 76.0 Å². The van der Waals surface area contributed by atoms with Crippen molar-refractivity contribution in [3.63, 3.8) is 0 Å². The van der Waals surface area contributed by atoms with Crippen LogP contribution < -0.4 is 14.8 Å². The van der Waals surface area contributed by atoms with Crippen molar-refractivity contribution in [1.29, 1.82) is 0 Å². The zero-order valence-corrected chi connectivity index (χ0v) is 17.6. The van der Waals surface area contributed by atoms with E-state index in [1.165, 1.54) is 11.6 Å². The van der Waals surface area contributed by atoms with E-state index in [9.17, 15) is 8.42 Å². The molecule has 0 atom stereocenters. The Kier molecular flexibility index (Phi) is 5.46. The number of sulfonamides is 1. The van der Waals surface area contributed by atoms with E-state index in [0.717, 1.165) is 5.56 Å². The van der Waals surface area contributed by atoms with Crippen molar-refractivity contribution in [2.75, 3.05) is 11.9 Å². The molecule has 0 radical (unpaired) electrons. The van der Waals surface area contributed by atoms with Gasteiger partial charge in [-0.2, -0.15) is 8.42 Å². The minimum absolute atomic E-state index is 0.164. The van der Waals surface area contributed by atoms with Gasteiger partial charge in [-0.3, -0.25) is 0 Å². The van der Waals surface area contributed by atoms with Gasteiger partial charge >= 0.3 is 0 Å². The first-order valence-electron chi connectivity index (χ1n) is 9.63. The lowest BCUT2D eigenvalue weighted by atomic mass is 10.1. The van der Waals surface area contributed by atoms with Crippen LogP contribution in [0.1, 0.15) is 23.6 Å². The summed E-state index contributed by atoms with van der Waals surface area (Å²) >= 11 is 0. The van der Waals surface area contributed by atoms with Crippen molar-refractivity contribution in [3.8, 4) is 11.5 Å². The summed E-state index contributed by atoms with van der Waals surface area (Å²) in [6.07, 6.45) is 0. The summed E-state index contributed by atoms with van der Waals surface area (Å²) < 4.78 is 40.7. The summed E-state index contributed by atoms with van der Waals surface area (Å²) in [6.45, 7) is 4.77. The van der Waals surface area contributed by atoms with Crippen molar-refractivity contribution in [2.24, 2.45) is 4.40 Å². The highest BCUT2D eigenvalue weighted by Crippen LogP contribution is 2.32. The number of nitrogens with zero attached hydrogens (tertiary/aromatic N) is 1. The molecule has 1 aliphatic heterocycles. The Morgan fingerprint density at radius 3 is 2.47 bits per heavy atom. The first kappa shape index (κ1) is 20.0. The zero-order chi connectivity index (χ0) is 21.1. The molecule has 6 nitrogen and oxygen atoms in total. The minimum atomic E-state index is -3.77. The highest BCUT2D eigenvalue weighted by atomic mass is 32.2. The topological polar surface area (TPSA) is 77.0 Å². The van der Waals surface area contributed by atoms with Crippen molar-refractivity contribution in [1.82, 2.24) is 0 Å². The van der Waals surface area contributed by atoms with Crippen LogP contribution >= 0.6 is 0 Å². The summed E-state index contributed by atoms with van der Waals surface area (Å²) in [5.41, 5.74) is 3.34. The van der Waals surface area contributed by atoms with E-state index in [0.29, 0.717) is 36.0 Å². The fraction of sp³-hybridized carbons (Fsp3) is 0.174. The van der Waals surface area contributed by atoms with Crippen molar-refractivity contribution in [2.45, 2.75) is 25.3 Å². The molecule has 0 aliphatic carbocycles. The number of aryl methyl sites for hydroxylation is 1. The monoisotopic (exact) mass is 422 g/mol. The van der Waals surface area contributed by atoms with E-state index in [1.807, 2.05) is 38.1 Å². The average molecular weight is 423 g/mol. The lowest BCUT2D eigenvalue weighted by Gasteiger charge is -2.19. The number of fused-ring (bicyclic) bond motifs is 1. The highest BCUT2D eigenvalue weighted by molar-refractivity contribution is 7.90. The summed E-state index contributed by atoms with van der Waals surface area (Å²) in [5.74, 6) is 1.36. The lowest BCUT2D eigenvalue weighted by molar-refractivity contribution is 0.269. The first-order valence-corrected chi connectivity index (χ1v) is 11.1. The first-order chi connectivity index (χ1) is 14.5. The zero-order valence-electron chi connectivity index (χ0n) is 16.8. The predicted molar refractivity (Wildman–Crippen MR) is 117 cm³/mol. The second-order valence-electron chi connectivity index (χ2n) is 6.90. The molecule has 1 heterocycles. The molecule has 1 N–H and O–H groups in total. The number of rotatable bonds is 6. The van der Waals surface area contributed by atoms with Gasteiger partial charge in [-0.1, -0.05) is 42.0 Å². The molecule has 0 fully saturated rings. The summed E-state index contributed by atoms with van der Waals surface area (Å²) in [4.78, 5) is 0.164. The smallest absolute Gasteiger partial charge is 0.286 e. The van der Waals surface area contributed by atoms with Gasteiger partial charge in [-0.15, -0.1) is 4.40 Å². The molecule has 4 rings (SSSR count). The van der Waals surface area contributed by atoms with Gasteiger partial charge in [0.25, 0.3) is 10.0 Å². The molecule has 3 aromatic rings. The third-order valence-electron chi connectivity index (χ3n) is 4.66. The van der Waals surface area contributed by atoms with E-state index in [1.54, 1.807) is 36.4 Å². The summed E-state index contributed by atoms with van der Waals surface area (Å²) in [7, 11) is -3.77. The molecule has 0 saturated carbocycles. The van der Waals surface area contributed by atoms with Gasteiger partial charge in [0.1, 0.15) is 11.5 Å². The number of hydrogen-bond donors (Lipinski definition) is 1. The van der Waals surface area contributed by atoms with Gasteiger partial charge in [0.2, 0.25) is 0 Å². The van der Waals surface area contributed by atoms with Crippen molar-refractivity contribution in [3.05, 3.63) is 83.4 Å². The van der Waals surface area contributed by atoms with Crippen LogP contribution in [0.5, 0.6) is 11.5 Å². The standard InChI is InChI=1S/C23H22N2O4S/c1-3-28-21-14-18(12-13-20(21)29-15-17-10-8-16(2)9-11-17)23-24-19-6-4-5-7-22(19)30(26,27)25-23/h4-14H,3,15H2,1-2H3,(H,24,25). The number of benzene rings is 3. The van der Waals surface area contributed by atoms with E-state index < -0.39 is 10.0 Å². The Morgan fingerprint density at radius 1 is 0.933 bits per heavy atom. The summed E-state index contributed by atoms with van der Waals surface area (Å²) in [5, 5.41) is 3.10. The van der Waals surface area contributed by atoms with Gasteiger partial charge in [0.05, 0.1) is 12.3 Å². The fourth-order valence-electron chi connectivity index (χ4n) is 3.13. The second kappa shape index (κ2) is 8.20. The number of anilines is 1. The molecule has 154 valence electrons. The predicted octanol–water partition coefficient (Wildman–Crippen LogP) is 4.53. The van der Waals surface area contributed by atoms with Crippen LogP contribution in [0.3, 0.4) is 0 Å². The second-order valence-corrected chi connectivity index (χ2v) is 8.48. The molecule has 0 amide bonds. The average Bonchev–Trinajstić information content (AvgIpc) is 2.74. The molecular formula is C23H22N2O4S. The molecule has 0 bridgehead atoms. The maximum absolute atomic E-state index is 12.5. The van der Waals surface area contributed by atoms with Crippen LogP contribution in [0.4, 0.5) is 5.69 Å². The van der Waals surface area contributed by atoms with E-state index in [2.05, 4.69) is 9.71 Å². The Balaban J connectivity index is 1.62. The van der Waals surface area contributed by atoms with Crippen LogP contribution in [0.2, 0.25) is 0 Å². The maximum Gasteiger partial charge on any atom is 0.286 e. The van der Waals surface area contributed by atoms with Gasteiger partial charge in [-0.25, -0.2) is 0 Å². The molecule has 0 unspecified atom stereocenters. The fourth-order valence-corrected chi connectivity index (χ4v) is 4.27. The van der Waals surface area contributed by atoms with Crippen molar-refractivity contribution >= 4 is 21.5 Å². The Labute approximate surface area is 176 Å². The molecule has 0 spiro atoms. The molecule has 3 aromatic carbocycles. The maximum atomic E-state index is 12.5. The Hall–Kier alpha value is -3.32. The largest absolute Gasteiger partial charge is 0.490 e. The van der Waals surface area contributed by atoms with Crippen LogP contribution in [-0.2, 0) is 16.6 Å². The number of para-hydroxylation sites is 1. The SMILES string of the molecule is CCOc1cc(C2=NS(=O)(=O)c3ccccc3N2)ccc1OCc1ccc(C)cc1. The third-order valence-corrected chi connectivity index (χ3v) is 6.00. The minimum Gasteiger partial charge on any atom is -0.490 e. The molecule has 30 heavy (non-hydrogen) atoms. The number of nitrogens with one attached hydrogen (secondary N) is 1. The van der Waals surface area contributed by atoms with Gasteiger partial charge < -0.3 is 14.8 Å². The number of ether oxygens (including phenoxy) is 2. The van der Waals surface area contributed by atoms with E-state index in [4.69, 9.17) is 9.47 Å². The molecule has 0 aromatic heterocycles. The van der Waals surface area contributed by atoms with E-state index in [-0.39, 0.29) is 10.7 Å². The normalized spacial score (nSPS) is 14.3.